The second kappa shape index (κ2) is 5.99. The molecule has 1 heterocycles. The van der Waals surface area contributed by atoms with Crippen molar-refractivity contribution < 1.29 is 0 Å². The van der Waals surface area contributed by atoms with Crippen molar-refractivity contribution in [3.05, 3.63) is 50.7 Å². The van der Waals surface area contributed by atoms with Gasteiger partial charge in [0.25, 0.3) is 0 Å². The molecule has 0 fully saturated rings. The van der Waals surface area contributed by atoms with E-state index in [0.29, 0.717) is 0 Å². The van der Waals surface area contributed by atoms with Gasteiger partial charge in [0.05, 0.1) is 6.20 Å². The molecule has 0 bridgehead atoms. The lowest BCUT2D eigenvalue weighted by atomic mass is 10.0. The minimum Gasteiger partial charge on any atom is -0.324 e. The van der Waals surface area contributed by atoms with Crippen LogP contribution in [-0.2, 0) is 13.5 Å². The number of nitrogens with zero attached hydrogens (tertiary/aromatic N) is 2. The molecule has 1 atom stereocenters. The third kappa shape index (κ3) is 3.67. The van der Waals surface area contributed by atoms with E-state index in [1.54, 1.807) is 0 Å². The minimum absolute atomic E-state index is 0.0407. The summed E-state index contributed by atoms with van der Waals surface area (Å²) in [5.74, 6) is 0. The molecule has 1 aromatic heterocycles. The Morgan fingerprint density at radius 3 is 2.50 bits per heavy atom. The molecular formula is C13H15Br2N3. The Bertz CT molecular complexity index is 517. The number of rotatable bonds is 4. The van der Waals surface area contributed by atoms with Gasteiger partial charge < -0.3 is 5.73 Å². The standard InChI is InChI=1S/C13H15Br2N3/c1-18-8-9(7-17-18)2-3-13(16)10-4-11(14)6-12(15)5-10/h4-8,13H,2-3,16H2,1H3. The van der Waals surface area contributed by atoms with Gasteiger partial charge in [0, 0.05) is 28.2 Å². The summed E-state index contributed by atoms with van der Waals surface area (Å²) >= 11 is 6.96. The van der Waals surface area contributed by atoms with Crippen LogP contribution in [0, 0.1) is 0 Å². The first kappa shape index (κ1) is 13.8. The van der Waals surface area contributed by atoms with Gasteiger partial charge in [-0.2, -0.15) is 5.10 Å². The number of nitrogens with two attached hydrogens (primary N) is 1. The molecule has 0 saturated carbocycles. The molecule has 0 aliphatic rings. The summed E-state index contributed by atoms with van der Waals surface area (Å²) < 4.78 is 3.91. The van der Waals surface area contributed by atoms with Crippen LogP contribution in [-0.4, -0.2) is 9.78 Å². The predicted molar refractivity (Wildman–Crippen MR) is 80.3 cm³/mol. The number of aromatic nitrogens is 2. The molecule has 0 aliphatic heterocycles. The zero-order chi connectivity index (χ0) is 13.1. The summed E-state index contributed by atoms with van der Waals surface area (Å²) in [6.07, 6.45) is 5.78. The summed E-state index contributed by atoms with van der Waals surface area (Å²) in [6.45, 7) is 0. The van der Waals surface area contributed by atoms with E-state index in [1.807, 2.05) is 30.2 Å². The largest absolute Gasteiger partial charge is 0.324 e. The van der Waals surface area contributed by atoms with Crippen molar-refractivity contribution >= 4 is 31.9 Å². The smallest absolute Gasteiger partial charge is 0.0521 e. The van der Waals surface area contributed by atoms with Crippen LogP contribution in [0.4, 0.5) is 0 Å². The van der Waals surface area contributed by atoms with Gasteiger partial charge in [0.15, 0.2) is 0 Å². The van der Waals surface area contributed by atoms with E-state index in [-0.39, 0.29) is 6.04 Å². The summed E-state index contributed by atoms with van der Waals surface area (Å²) in [4.78, 5) is 0. The fourth-order valence-electron chi connectivity index (χ4n) is 1.88. The molecule has 3 nitrogen and oxygen atoms in total. The molecule has 2 rings (SSSR count). The zero-order valence-corrected chi connectivity index (χ0v) is 13.3. The summed E-state index contributed by atoms with van der Waals surface area (Å²) in [5.41, 5.74) is 8.58. The van der Waals surface area contributed by atoms with Crippen molar-refractivity contribution in [1.82, 2.24) is 9.78 Å². The topological polar surface area (TPSA) is 43.8 Å². The van der Waals surface area contributed by atoms with Crippen molar-refractivity contribution in [2.45, 2.75) is 18.9 Å². The van der Waals surface area contributed by atoms with Gasteiger partial charge in [-0.1, -0.05) is 31.9 Å². The lowest BCUT2D eigenvalue weighted by molar-refractivity contribution is 0.650. The summed E-state index contributed by atoms with van der Waals surface area (Å²) in [7, 11) is 1.93. The normalized spacial score (nSPS) is 12.7. The number of hydrogen-bond donors (Lipinski definition) is 1. The van der Waals surface area contributed by atoms with Gasteiger partial charge in [0.1, 0.15) is 0 Å². The van der Waals surface area contributed by atoms with E-state index in [4.69, 9.17) is 5.73 Å². The monoisotopic (exact) mass is 371 g/mol. The molecule has 96 valence electrons. The molecule has 1 unspecified atom stereocenters. The molecule has 5 heteroatoms. The van der Waals surface area contributed by atoms with Crippen molar-refractivity contribution in [3.8, 4) is 0 Å². The Morgan fingerprint density at radius 1 is 1.28 bits per heavy atom. The average molecular weight is 373 g/mol. The first-order chi connectivity index (χ1) is 8.54. The number of hydrogen-bond acceptors (Lipinski definition) is 2. The third-order valence-electron chi connectivity index (χ3n) is 2.82. The van der Waals surface area contributed by atoms with Crippen LogP contribution in [0.1, 0.15) is 23.6 Å². The molecule has 1 aromatic carbocycles. The lowest BCUT2D eigenvalue weighted by Crippen LogP contribution is -2.11. The van der Waals surface area contributed by atoms with Crippen LogP contribution in [0.5, 0.6) is 0 Å². The highest BCUT2D eigenvalue weighted by Gasteiger charge is 2.08. The molecular weight excluding hydrogens is 358 g/mol. The molecule has 0 amide bonds. The molecule has 0 spiro atoms. The Kier molecular flexibility index (Phi) is 4.59. The molecule has 0 radical (unpaired) electrons. The third-order valence-corrected chi connectivity index (χ3v) is 3.73. The van der Waals surface area contributed by atoms with Crippen LogP contribution >= 0.6 is 31.9 Å². The Labute approximate surface area is 124 Å². The van der Waals surface area contributed by atoms with Crippen LogP contribution in [0.25, 0.3) is 0 Å². The van der Waals surface area contributed by atoms with Gasteiger partial charge >= 0.3 is 0 Å². The van der Waals surface area contributed by atoms with Gasteiger partial charge in [-0.3, -0.25) is 4.68 Å². The molecule has 2 N–H and O–H groups in total. The van der Waals surface area contributed by atoms with Crippen molar-refractivity contribution in [2.24, 2.45) is 12.8 Å². The van der Waals surface area contributed by atoms with Crippen molar-refractivity contribution in [3.63, 3.8) is 0 Å². The van der Waals surface area contributed by atoms with Crippen molar-refractivity contribution in [1.29, 1.82) is 0 Å². The first-order valence-electron chi connectivity index (χ1n) is 5.73. The fourth-order valence-corrected chi connectivity index (χ4v) is 3.21. The van der Waals surface area contributed by atoms with Crippen LogP contribution in [0.15, 0.2) is 39.5 Å². The van der Waals surface area contributed by atoms with Gasteiger partial charge in [-0.05, 0) is 42.2 Å². The van der Waals surface area contributed by atoms with Crippen LogP contribution in [0.2, 0.25) is 0 Å². The predicted octanol–water partition coefficient (Wildman–Crippen LogP) is 3.58. The SMILES string of the molecule is Cn1cc(CCC(N)c2cc(Br)cc(Br)c2)cn1. The molecule has 0 saturated heterocycles. The second-order valence-electron chi connectivity index (χ2n) is 4.37. The van der Waals surface area contributed by atoms with Crippen LogP contribution in [0.3, 0.4) is 0 Å². The lowest BCUT2D eigenvalue weighted by Gasteiger charge is -2.12. The van der Waals surface area contributed by atoms with E-state index in [2.05, 4.69) is 49.1 Å². The second-order valence-corrected chi connectivity index (χ2v) is 6.20. The van der Waals surface area contributed by atoms with E-state index < -0.39 is 0 Å². The van der Waals surface area contributed by atoms with Gasteiger partial charge in [-0.15, -0.1) is 0 Å². The molecule has 0 aliphatic carbocycles. The van der Waals surface area contributed by atoms with Gasteiger partial charge in [-0.25, -0.2) is 0 Å². The Hall–Kier alpha value is -0.650. The first-order valence-corrected chi connectivity index (χ1v) is 7.32. The highest BCUT2D eigenvalue weighted by Crippen LogP contribution is 2.25. The van der Waals surface area contributed by atoms with Crippen LogP contribution < -0.4 is 5.73 Å². The van der Waals surface area contributed by atoms with Crippen molar-refractivity contribution in [2.75, 3.05) is 0 Å². The fraction of sp³-hybridized carbons (Fsp3) is 0.308. The van der Waals surface area contributed by atoms with E-state index >= 15 is 0 Å². The van der Waals surface area contributed by atoms with E-state index in [9.17, 15) is 0 Å². The number of aryl methyl sites for hydroxylation is 2. The van der Waals surface area contributed by atoms with E-state index in [1.165, 1.54) is 5.56 Å². The zero-order valence-electron chi connectivity index (χ0n) is 10.1. The summed E-state index contributed by atoms with van der Waals surface area (Å²) in [5, 5.41) is 4.16. The maximum atomic E-state index is 6.22. The average Bonchev–Trinajstić information content (AvgIpc) is 2.70. The number of benzene rings is 1. The van der Waals surface area contributed by atoms with E-state index in [0.717, 1.165) is 27.4 Å². The quantitative estimate of drug-likeness (QED) is 0.891. The minimum atomic E-state index is 0.0407. The molecule has 18 heavy (non-hydrogen) atoms. The maximum absolute atomic E-state index is 6.22. The Balaban J connectivity index is 2.01. The summed E-state index contributed by atoms with van der Waals surface area (Å²) in [6, 6.07) is 6.19. The highest BCUT2D eigenvalue weighted by molar-refractivity contribution is 9.11. The maximum Gasteiger partial charge on any atom is 0.0521 e. The van der Waals surface area contributed by atoms with Gasteiger partial charge in [0.2, 0.25) is 0 Å². The Morgan fingerprint density at radius 2 is 1.94 bits per heavy atom. The number of halogens is 2. The molecule has 2 aromatic rings. The highest BCUT2D eigenvalue weighted by atomic mass is 79.9.